The standard InChI is InChI=1S/C38H34N8O6/c1-3-32-42-34(31-21-44(22(2)47)16-17-45(31)32)35(49)25-10-11-28(40-19-25)24-9-12-29(41-18-24)36(50)39-15-5-7-23-6-4-8-26-27(23)20-46(38(26)52)30-13-14-33(48)43-37(30)51/h4,6,8-12,18-19,30H,3,13-17,20-21H2,1-2H3,(H,39,50)(H,43,48,51). The number of rotatable bonds is 7. The number of imidazole rings is 1. The molecule has 4 aromatic rings. The molecule has 0 saturated carbocycles. The Hall–Kier alpha value is -6.49. The van der Waals surface area contributed by atoms with Crippen LogP contribution in [0.25, 0.3) is 11.3 Å². The number of fused-ring (bicyclic) bond motifs is 2. The SMILES string of the molecule is CCc1nc(C(=O)c2ccc(-c3ccc(C(=O)NCC#Cc4cccc5c4CN(C4CCC(=O)NC4=O)C5=O)nc3)nc2)c2n1CCN(C(C)=O)C2. The Morgan fingerprint density at radius 1 is 1.00 bits per heavy atom. The molecule has 0 spiro atoms. The van der Waals surface area contributed by atoms with Crippen molar-refractivity contribution in [1.29, 1.82) is 0 Å². The first kappa shape index (κ1) is 34.0. The Bertz CT molecular complexity index is 2210. The van der Waals surface area contributed by atoms with Crippen LogP contribution < -0.4 is 10.6 Å². The summed E-state index contributed by atoms with van der Waals surface area (Å²) in [6.45, 7) is 5.24. The van der Waals surface area contributed by atoms with E-state index in [-0.39, 0.29) is 55.1 Å². The van der Waals surface area contributed by atoms with Gasteiger partial charge < -0.3 is 19.7 Å². The Morgan fingerprint density at radius 3 is 2.56 bits per heavy atom. The molecule has 1 fully saturated rings. The number of nitrogens with zero attached hydrogens (tertiary/aromatic N) is 6. The fourth-order valence-electron chi connectivity index (χ4n) is 6.74. The smallest absolute Gasteiger partial charge is 0.270 e. The van der Waals surface area contributed by atoms with Gasteiger partial charge in [0.05, 0.1) is 24.5 Å². The summed E-state index contributed by atoms with van der Waals surface area (Å²) in [6, 6.07) is 11.1. The normalized spacial score (nSPS) is 16.4. The van der Waals surface area contributed by atoms with Crippen LogP contribution in [0, 0.1) is 11.8 Å². The maximum atomic E-state index is 13.5. The van der Waals surface area contributed by atoms with Crippen molar-refractivity contribution in [2.75, 3.05) is 13.1 Å². The van der Waals surface area contributed by atoms with Crippen molar-refractivity contribution < 1.29 is 28.8 Å². The zero-order valence-corrected chi connectivity index (χ0v) is 28.6. The minimum absolute atomic E-state index is 0.0280. The van der Waals surface area contributed by atoms with E-state index in [9.17, 15) is 28.8 Å². The van der Waals surface area contributed by atoms with Crippen LogP contribution in [0.15, 0.2) is 54.9 Å². The Balaban J connectivity index is 0.969. The molecule has 3 aliphatic heterocycles. The minimum atomic E-state index is -0.717. The van der Waals surface area contributed by atoms with Crippen molar-refractivity contribution in [2.45, 2.75) is 58.8 Å². The topological polar surface area (TPSA) is 177 Å². The van der Waals surface area contributed by atoms with Crippen LogP contribution in [0.2, 0.25) is 0 Å². The number of piperidine rings is 1. The molecule has 6 heterocycles. The van der Waals surface area contributed by atoms with Crippen molar-refractivity contribution in [2.24, 2.45) is 0 Å². The molecule has 0 radical (unpaired) electrons. The Labute approximate surface area is 298 Å². The number of pyridine rings is 2. The minimum Gasteiger partial charge on any atom is -0.340 e. The highest BCUT2D eigenvalue weighted by Gasteiger charge is 2.39. The van der Waals surface area contributed by atoms with Gasteiger partial charge in [-0.25, -0.2) is 4.98 Å². The van der Waals surface area contributed by atoms with Crippen LogP contribution in [-0.2, 0) is 40.4 Å². The zero-order valence-electron chi connectivity index (χ0n) is 28.6. The number of aromatic nitrogens is 4. The molecular weight excluding hydrogens is 664 g/mol. The number of ketones is 1. The number of carbonyl (C=O) groups is 6. The molecule has 3 aromatic heterocycles. The van der Waals surface area contributed by atoms with Crippen LogP contribution in [0.4, 0.5) is 0 Å². The van der Waals surface area contributed by atoms with Crippen molar-refractivity contribution in [1.82, 2.24) is 40.0 Å². The first-order valence-corrected chi connectivity index (χ1v) is 17.0. The third kappa shape index (κ3) is 6.44. The lowest BCUT2D eigenvalue weighted by molar-refractivity contribution is -0.137. The highest BCUT2D eigenvalue weighted by Crippen LogP contribution is 2.29. The van der Waals surface area contributed by atoms with Crippen LogP contribution in [0.3, 0.4) is 0 Å². The van der Waals surface area contributed by atoms with E-state index >= 15 is 0 Å². The quantitative estimate of drug-likeness (QED) is 0.166. The summed E-state index contributed by atoms with van der Waals surface area (Å²) in [5.74, 6) is 4.92. The van der Waals surface area contributed by atoms with E-state index in [2.05, 4.69) is 37.4 Å². The summed E-state index contributed by atoms with van der Waals surface area (Å²) in [5, 5.41) is 5.03. The monoisotopic (exact) mass is 698 g/mol. The first-order chi connectivity index (χ1) is 25.1. The van der Waals surface area contributed by atoms with Gasteiger partial charge in [0.2, 0.25) is 23.5 Å². The van der Waals surface area contributed by atoms with Crippen LogP contribution in [-0.4, -0.2) is 83.8 Å². The lowest BCUT2D eigenvalue weighted by atomic mass is 10.0. The molecule has 0 aliphatic carbocycles. The summed E-state index contributed by atoms with van der Waals surface area (Å²) in [4.78, 5) is 91.9. The lowest BCUT2D eigenvalue weighted by Gasteiger charge is -2.29. The number of imide groups is 1. The van der Waals surface area contributed by atoms with E-state index in [4.69, 9.17) is 0 Å². The summed E-state index contributed by atoms with van der Waals surface area (Å²) in [7, 11) is 0. The first-order valence-electron chi connectivity index (χ1n) is 17.0. The van der Waals surface area contributed by atoms with Crippen LogP contribution in [0.5, 0.6) is 0 Å². The summed E-state index contributed by atoms with van der Waals surface area (Å²) in [6.07, 6.45) is 4.13. The summed E-state index contributed by atoms with van der Waals surface area (Å²) >= 11 is 0. The van der Waals surface area contributed by atoms with E-state index in [1.165, 1.54) is 24.2 Å². The van der Waals surface area contributed by atoms with Gasteiger partial charge in [-0.15, -0.1) is 0 Å². The molecule has 1 atom stereocenters. The molecule has 52 heavy (non-hydrogen) atoms. The zero-order chi connectivity index (χ0) is 36.5. The lowest BCUT2D eigenvalue weighted by Crippen LogP contribution is -2.52. The Morgan fingerprint density at radius 2 is 1.85 bits per heavy atom. The molecule has 14 nitrogen and oxygen atoms in total. The second-order valence-corrected chi connectivity index (χ2v) is 12.7. The highest BCUT2D eigenvalue weighted by atomic mass is 16.2. The molecule has 0 bridgehead atoms. The van der Waals surface area contributed by atoms with Crippen LogP contribution >= 0.6 is 0 Å². The molecule has 1 unspecified atom stereocenters. The summed E-state index contributed by atoms with van der Waals surface area (Å²) < 4.78 is 2.03. The van der Waals surface area contributed by atoms with E-state index in [1.54, 1.807) is 47.4 Å². The molecule has 2 N–H and O–H groups in total. The largest absolute Gasteiger partial charge is 0.340 e. The van der Waals surface area contributed by atoms with E-state index in [1.807, 2.05) is 11.5 Å². The maximum Gasteiger partial charge on any atom is 0.270 e. The molecular formula is C38H34N8O6. The predicted octanol–water partition coefficient (Wildman–Crippen LogP) is 2.04. The summed E-state index contributed by atoms with van der Waals surface area (Å²) in [5.41, 5.74) is 4.61. The highest BCUT2D eigenvalue weighted by molar-refractivity contribution is 6.08. The van der Waals surface area contributed by atoms with Crippen LogP contribution in [0.1, 0.15) is 86.2 Å². The van der Waals surface area contributed by atoms with Gasteiger partial charge in [0, 0.05) is 74.0 Å². The Kier molecular flexibility index (Phi) is 9.17. The third-order valence-corrected chi connectivity index (χ3v) is 9.52. The van der Waals surface area contributed by atoms with Crippen molar-refractivity contribution in [3.63, 3.8) is 0 Å². The van der Waals surface area contributed by atoms with Gasteiger partial charge in [0.15, 0.2) is 0 Å². The second-order valence-electron chi connectivity index (χ2n) is 12.7. The van der Waals surface area contributed by atoms with Crippen molar-refractivity contribution >= 4 is 35.3 Å². The van der Waals surface area contributed by atoms with Gasteiger partial charge in [-0.2, -0.15) is 0 Å². The third-order valence-electron chi connectivity index (χ3n) is 9.52. The average Bonchev–Trinajstić information content (AvgIpc) is 3.70. The van der Waals surface area contributed by atoms with Gasteiger partial charge >= 0.3 is 0 Å². The molecule has 5 amide bonds. The number of benzene rings is 1. The fourth-order valence-corrected chi connectivity index (χ4v) is 6.74. The molecule has 262 valence electrons. The van der Waals surface area contributed by atoms with Gasteiger partial charge in [0.25, 0.3) is 11.8 Å². The molecule has 14 heteroatoms. The van der Waals surface area contributed by atoms with Gasteiger partial charge in [0.1, 0.15) is 23.3 Å². The van der Waals surface area contributed by atoms with E-state index in [0.717, 1.165) is 11.5 Å². The number of hydrogen-bond acceptors (Lipinski definition) is 9. The molecule has 1 aromatic carbocycles. The molecule has 1 saturated heterocycles. The average molecular weight is 699 g/mol. The number of hydrogen-bond donors (Lipinski definition) is 2. The van der Waals surface area contributed by atoms with Crippen molar-refractivity contribution in [3.8, 4) is 23.1 Å². The van der Waals surface area contributed by atoms with Gasteiger partial charge in [-0.1, -0.05) is 24.8 Å². The van der Waals surface area contributed by atoms with E-state index < -0.39 is 17.9 Å². The van der Waals surface area contributed by atoms with Gasteiger partial charge in [-0.3, -0.25) is 44.1 Å². The predicted molar refractivity (Wildman–Crippen MR) is 185 cm³/mol. The van der Waals surface area contributed by atoms with Crippen molar-refractivity contribution in [3.05, 3.63) is 100 Å². The number of aryl methyl sites for hydroxylation is 1. The fraction of sp³-hybridized carbons (Fsp3) is 0.289. The number of carbonyl (C=O) groups excluding carboxylic acids is 6. The maximum absolute atomic E-state index is 13.5. The van der Waals surface area contributed by atoms with E-state index in [0.29, 0.717) is 65.3 Å². The number of nitrogens with one attached hydrogen (secondary N) is 2. The number of amides is 5. The second kappa shape index (κ2) is 14.0. The van der Waals surface area contributed by atoms with Gasteiger partial charge in [-0.05, 0) is 48.4 Å². The molecule has 7 rings (SSSR count). The molecule has 3 aliphatic rings.